The van der Waals surface area contributed by atoms with Crippen LogP contribution in [0, 0.1) is 5.92 Å². The topological polar surface area (TPSA) is 46.3 Å². The number of nitrogens with two attached hydrogens (primary N) is 1. The molecule has 0 radical (unpaired) electrons. The molecule has 0 aromatic heterocycles. The smallest absolute Gasteiger partial charge is 0.222 e. The molecule has 1 aliphatic carbocycles. The van der Waals surface area contributed by atoms with Crippen LogP contribution in [0.2, 0.25) is 0 Å². The number of nitrogens with zero attached hydrogens (tertiary/aromatic N) is 1. The average Bonchev–Trinajstić information content (AvgIpc) is 3.15. The molecule has 1 saturated carbocycles. The van der Waals surface area contributed by atoms with E-state index < -0.39 is 0 Å². The highest BCUT2D eigenvalue weighted by atomic mass is 35.5. The van der Waals surface area contributed by atoms with Crippen LogP contribution in [0.3, 0.4) is 0 Å². The SMILES string of the molecule is Cl.N[C@@H]1CN(C(=O)CCC2CCCC2)C[C@H]1c1ccccc1. The van der Waals surface area contributed by atoms with Gasteiger partial charge in [-0.3, -0.25) is 4.79 Å². The highest BCUT2D eigenvalue weighted by Gasteiger charge is 2.33. The number of likely N-dealkylation sites (tertiary alicyclic amines) is 1. The summed E-state index contributed by atoms with van der Waals surface area (Å²) in [4.78, 5) is 14.4. The van der Waals surface area contributed by atoms with E-state index >= 15 is 0 Å². The van der Waals surface area contributed by atoms with Crippen molar-refractivity contribution >= 4 is 18.3 Å². The van der Waals surface area contributed by atoms with Crippen LogP contribution in [0.1, 0.15) is 50.0 Å². The lowest BCUT2D eigenvalue weighted by molar-refractivity contribution is -0.130. The lowest BCUT2D eigenvalue weighted by atomic mass is 9.95. The molecule has 2 N–H and O–H groups in total. The maximum Gasteiger partial charge on any atom is 0.222 e. The molecule has 1 amide bonds. The van der Waals surface area contributed by atoms with Crippen molar-refractivity contribution in [1.82, 2.24) is 4.90 Å². The van der Waals surface area contributed by atoms with Crippen molar-refractivity contribution in [3.63, 3.8) is 0 Å². The Morgan fingerprint density at radius 2 is 1.82 bits per heavy atom. The van der Waals surface area contributed by atoms with Gasteiger partial charge in [0.1, 0.15) is 0 Å². The molecule has 1 heterocycles. The average molecular weight is 323 g/mol. The fourth-order valence-corrected chi connectivity index (χ4v) is 3.87. The molecule has 1 aromatic rings. The van der Waals surface area contributed by atoms with Crippen molar-refractivity contribution in [3.05, 3.63) is 35.9 Å². The van der Waals surface area contributed by atoms with Gasteiger partial charge in [0, 0.05) is 31.5 Å². The van der Waals surface area contributed by atoms with Gasteiger partial charge in [0.2, 0.25) is 5.91 Å². The quantitative estimate of drug-likeness (QED) is 0.924. The third kappa shape index (κ3) is 4.02. The van der Waals surface area contributed by atoms with E-state index in [0.29, 0.717) is 24.8 Å². The second kappa shape index (κ2) is 7.98. The van der Waals surface area contributed by atoms with Crippen LogP contribution >= 0.6 is 12.4 Å². The summed E-state index contributed by atoms with van der Waals surface area (Å²) in [6.45, 7) is 1.50. The number of rotatable bonds is 4. The first kappa shape index (κ1) is 17.3. The number of benzene rings is 1. The van der Waals surface area contributed by atoms with E-state index in [0.717, 1.165) is 18.9 Å². The Morgan fingerprint density at radius 3 is 2.50 bits per heavy atom. The molecule has 4 heteroatoms. The van der Waals surface area contributed by atoms with Crippen molar-refractivity contribution in [1.29, 1.82) is 0 Å². The third-order valence-corrected chi connectivity index (χ3v) is 5.19. The van der Waals surface area contributed by atoms with Gasteiger partial charge in [-0.25, -0.2) is 0 Å². The van der Waals surface area contributed by atoms with Crippen molar-refractivity contribution in [2.45, 2.75) is 50.5 Å². The van der Waals surface area contributed by atoms with Gasteiger partial charge in [-0.15, -0.1) is 12.4 Å². The monoisotopic (exact) mass is 322 g/mol. The molecular weight excluding hydrogens is 296 g/mol. The maximum atomic E-state index is 12.4. The van der Waals surface area contributed by atoms with Gasteiger partial charge in [-0.1, -0.05) is 56.0 Å². The van der Waals surface area contributed by atoms with Gasteiger partial charge in [-0.2, -0.15) is 0 Å². The van der Waals surface area contributed by atoms with Crippen LogP contribution in [0.25, 0.3) is 0 Å². The summed E-state index contributed by atoms with van der Waals surface area (Å²) in [6, 6.07) is 10.4. The maximum absolute atomic E-state index is 12.4. The summed E-state index contributed by atoms with van der Waals surface area (Å²) < 4.78 is 0. The zero-order chi connectivity index (χ0) is 14.7. The summed E-state index contributed by atoms with van der Waals surface area (Å²) in [5, 5.41) is 0. The number of hydrogen-bond acceptors (Lipinski definition) is 2. The van der Waals surface area contributed by atoms with Crippen LogP contribution < -0.4 is 5.73 Å². The molecule has 1 saturated heterocycles. The van der Waals surface area contributed by atoms with Crippen molar-refractivity contribution in [2.24, 2.45) is 11.7 Å². The molecular formula is C18H27ClN2O. The second-order valence-electron chi connectivity index (χ2n) is 6.67. The number of carbonyl (C=O) groups excluding carboxylic acids is 1. The lowest BCUT2D eigenvalue weighted by Gasteiger charge is -2.17. The predicted octanol–water partition coefficient (Wildman–Crippen LogP) is 3.33. The molecule has 22 heavy (non-hydrogen) atoms. The summed E-state index contributed by atoms with van der Waals surface area (Å²) in [5.74, 6) is 1.38. The highest BCUT2D eigenvalue weighted by molar-refractivity contribution is 5.85. The predicted molar refractivity (Wildman–Crippen MR) is 92.2 cm³/mol. The Labute approximate surface area is 139 Å². The minimum Gasteiger partial charge on any atom is -0.340 e. The zero-order valence-electron chi connectivity index (χ0n) is 13.1. The van der Waals surface area contributed by atoms with Gasteiger partial charge >= 0.3 is 0 Å². The fourth-order valence-electron chi connectivity index (χ4n) is 3.87. The molecule has 2 fully saturated rings. The Morgan fingerprint density at radius 1 is 1.14 bits per heavy atom. The number of hydrogen-bond donors (Lipinski definition) is 1. The minimum absolute atomic E-state index is 0. The van der Waals surface area contributed by atoms with Gasteiger partial charge in [0.25, 0.3) is 0 Å². The summed E-state index contributed by atoms with van der Waals surface area (Å²) in [7, 11) is 0. The molecule has 2 aliphatic rings. The van der Waals surface area contributed by atoms with Gasteiger partial charge in [0.15, 0.2) is 0 Å². The summed E-state index contributed by atoms with van der Waals surface area (Å²) in [6.07, 6.45) is 7.12. The Kier molecular flexibility index (Phi) is 6.27. The largest absolute Gasteiger partial charge is 0.340 e. The Bertz CT molecular complexity index is 473. The number of carbonyl (C=O) groups is 1. The first-order valence-electron chi connectivity index (χ1n) is 8.32. The van der Waals surface area contributed by atoms with Crippen molar-refractivity contribution in [2.75, 3.05) is 13.1 Å². The molecule has 122 valence electrons. The van der Waals surface area contributed by atoms with E-state index in [4.69, 9.17) is 5.73 Å². The van der Waals surface area contributed by atoms with Crippen LogP contribution in [-0.2, 0) is 4.79 Å². The van der Waals surface area contributed by atoms with E-state index in [1.165, 1.54) is 31.2 Å². The van der Waals surface area contributed by atoms with Crippen LogP contribution in [0.4, 0.5) is 0 Å². The van der Waals surface area contributed by atoms with Crippen molar-refractivity contribution < 1.29 is 4.79 Å². The normalized spacial score (nSPS) is 25.2. The van der Waals surface area contributed by atoms with Crippen molar-refractivity contribution in [3.8, 4) is 0 Å². The van der Waals surface area contributed by atoms with Gasteiger partial charge in [-0.05, 0) is 17.9 Å². The van der Waals surface area contributed by atoms with E-state index in [1.54, 1.807) is 0 Å². The number of halogens is 1. The highest BCUT2D eigenvalue weighted by Crippen LogP contribution is 2.30. The van der Waals surface area contributed by atoms with Crippen LogP contribution in [-0.4, -0.2) is 29.9 Å². The number of amides is 1. The Balaban J connectivity index is 0.00000176. The Hall–Kier alpha value is -1.06. The molecule has 0 bridgehead atoms. The van der Waals surface area contributed by atoms with Crippen LogP contribution in [0.15, 0.2) is 30.3 Å². The molecule has 3 rings (SSSR count). The minimum atomic E-state index is 0. The summed E-state index contributed by atoms with van der Waals surface area (Å²) >= 11 is 0. The molecule has 1 aliphatic heterocycles. The lowest BCUT2D eigenvalue weighted by Crippen LogP contribution is -2.32. The molecule has 3 nitrogen and oxygen atoms in total. The van der Waals surface area contributed by atoms with E-state index in [2.05, 4.69) is 12.1 Å². The summed E-state index contributed by atoms with van der Waals surface area (Å²) in [5.41, 5.74) is 7.52. The van der Waals surface area contributed by atoms with Gasteiger partial charge in [0.05, 0.1) is 0 Å². The van der Waals surface area contributed by atoms with Crippen LogP contribution in [0.5, 0.6) is 0 Å². The molecule has 2 atom stereocenters. The standard InChI is InChI=1S/C18H26N2O.ClH/c19-17-13-20(12-16(17)15-8-2-1-3-9-15)18(21)11-10-14-6-4-5-7-14;/h1-3,8-9,14,16-17H,4-7,10-13,19H2;1H/t16-,17+;/m0./s1. The first-order valence-corrected chi connectivity index (χ1v) is 8.32. The molecule has 0 spiro atoms. The fraction of sp³-hybridized carbons (Fsp3) is 0.611. The van der Waals surface area contributed by atoms with E-state index in [1.807, 2.05) is 23.1 Å². The zero-order valence-corrected chi connectivity index (χ0v) is 13.9. The second-order valence-corrected chi connectivity index (χ2v) is 6.67. The molecule has 0 unspecified atom stereocenters. The third-order valence-electron chi connectivity index (χ3n) is 5.19. The first-order chi connectivity index (χ1) is 10.2. The van der Waals surface area contributed by atoms with E-state index in [-0.39, 0.29) is 18.4 Å². The van der Waals surface area contributed by atoms with E-state index in [9.17, 15) is 4.79 Å². The van der Waals surface area contributed by atoms with Gasteiger partial charge < -0.3 is 10.6 Å². The molecule has 1 aromatic carbocycles.